The molecule has 1 radical (unpaired) electrons. The van der Waals surface area contributed by atoms with E-state index in [4.69, 9.17) is 4.74 Å². The van der Waals surface area contributed by atoms with E-state index >= 15 is 0 Å². The zero-order valence-electron chi connectivity index (χ0n) is 17.8. The van der Waals surface area contributed by atoms with Gasteiger partial charge in [0, 0.05) is 44.7 Å². The molecular formula is C25H36NOY+. The Bertz CT molecular complexity index is 673. The normalized spacial score (nSPS) is 16.5. The molecule has 149 valence electrons. The first-order valence-electron chi connectivity index (χ1n) is 10.8. The van der Waals surface area contributed by atoms with Gasteiger partial charge in [0.1, 0.15) is 12.3 Å². The van der Waals surface area contributed by atoms with Gasteiger partial charge in [-0.05, 0) is 50.7 Å². The minimum atomic E-state index is 0. The molecule has 1 aliphatic heterocycles. The quantitative estimate of drug-likeness (QED) is 0.365. The van der Waals surface area contributed by atoms with E-state index in [1.165, 1.54) is 79.5 Å². The summed E-state index contributed by atoms with van der Waals surface area (Å²) in [6, 6.07) is 17.5. The van der Waals surface area contributed by atoms with Crippen LogP contribution in [0.4, 0.5) is 0 Å². The Balaban J connectivity index is 0.00000280. The Hall–Kier alpha value is -0.696. The van der Waals surface area contributed by atoms with Gasteiger partial charge in [-0.3, -0.25) is 0 Å². The zero-order valence-corrected chi connectivity index (χ0v) is 20.7. The van der Waals surface area contributed by atoms with Crippen molar-refractivity contribution >= 4 is 0 Å². The molecule has 3 heteroatoms. The fourth-order valence-corrected chi connectivity index (χ4v) is 4.57. The van der Waals surface area contributed by atoms with Gasteiger partial charge in [-0.2, -0.15) is 0 Å². The van der Waals surface area contributed by atoms with Gasteiger partial charge in [0.25, 0.3) is 0 Å². The van der Waals surface area contributed by atoms with Gasteiger partial charge in [-0.1, -0.05) is 55.0 Å². The van der Waals surface area contributed by atoms with Crippen molar-refractivity contribution in [2.45, 2.75) is 58.9 Å². The largest absolute Gasteiger partial charge is 0.493 e. The molecule has 0 atom stereocenters. The maximum Gasteiger partial charge on any atom is 0.125 e. The molecule has 0 bridgehead atoms. The summed E-state index contributed by atoms with van der Waals surface area (Å²) < 4.78 is 7.44. The number of benzene rings is 2. The maximum absolute atomic E-state index is 6.20. The first kappa shape index (κ1) is 23.6. The second kappa shape index (κ2) is 12.1. The summed E-state index contributed by atoms with van der Waals surface area (Å²) in [5.41, 5.74) is 3.97. The Labute approximate surface area is 197 Å². The number of hydrogen-bond acceptors (Lipinski definition) is 1. The number of para-hydroxylation sites is 1. The predicted octanol–water partition coefficient (Wildman–Crippen LogP) is 6.05. The van der Waals surface area contributed by atoms with Crippen molar-refractivity contribution in [3.63, 3.8) is 0 Å². The van der Waals surface area contributed by atoms with Crippen molar-refractivity contribution in [1.29, 1.82) is 0 Å². The number of hydrogen-bond donors (Lipinski definition) is 0. The third-order valence-electron chi connectivity index (χ3n) is 6.06. The molecule has 0 unspecified atom stereocenters. The van der Waals surface area contributed by atoms with Gasteiger partial charge in [-0.25, -0.2) is 0 Å². The number of ether oxygens (including phenoxy) is 1. The third kappa shape index (κ3) is 6.97. The van der Waals surface area contributed by atoms with Crippen molar-refractivity contribution in [1.82, 2.24) is 0 Å². The molecule has 0 N–H and O–H groups in total. The molecule has 1 fully saturated rings. The van der Waals surface area contributed by atoms with Crippen LogP contribution in [0.5, 0.6) is 5.75 Å². The van der Waals surface area contributed by atoms with Crippen LogP contribution in [0.3, 0.4) is 0 Å². The van der Waals surface area contributed by atoms with E-state index in [1.54, 1.807) is 0 Å². The summed E-state index contributed by atoms with van der Waals surface area (Å²) >= 11 is 0. The molecule has 1 aliphatic rings. The van der Waals surface area contributed by atoms with Crippen LogP contribution in [0.1, 0.15) is 55.2 Å². The number of quaternary nitrogens is 1. The molecule has 2 aromatic carbocycles. The number of likely N-dealkylation sites (tertiary alicyclic amines) is 1. The molecule has 0 aromatic heterocycles. The summed E-state index contributed by atoms with van der Waals surface area (Å²) in [7, 11) is 0. The fourth-order valence-electron chi connectivity index (χ4n) is 4.57. The van der Waals surface area contributed by atoms with Crippen LogP contribution in [-0.2, 0) is 39.3 Å². The molecule has 1 saturated heterocycles. The van der Waals surface area contributed by atoms with Crippen molar-refractivity contribution in [3.8, 4) is 5.75 Å². The summed E-state index contributed by atoms with van der Waals surface area (Å²) in [6.07, 6.45) is 8.07. The van der Waals surface area contributed by atoms with E-state index in [2.05, 4.69) is 62.4 Å². The molecule has 0 saturated carbocycles. The number of rotatable bonds is 7. The van der Waals surface area contributed by atoms with Gasteiger partial charge in [0.05, 0.1) is 26.2 Å². The van der Waals surface area contributed by atoms with E-state index in [9.17, 15) is 0 Å². The SMILES string of the molecule is Cc1cccc(C)c1OCCC[N+]1(Cc2ccccc2)CCCCCCC1.[Y]. The van der Waals surface area contributed by atoms with Crippen LogP contribution in [0.15, 0.2) is 48.5 Å². The third-order valence-corrected chi connectivity index (χ3v) is 6.06. The maximum atomic E-state index is 6.20. The molecule has 28 heavy (non-hydrogen) atoms. The Morgan fingerprint density at radius 3 is 2.04 bits per heavy atom. The number of aryl methyl sites for hydroxylation is 2. The van der Waals surface area contributed by atoms with Gasteiger partial charge in [0.15, 0.2) is 0 Å². The minimum Gasteiger partial charge on any atom is -0.493 e. The fraction of sp³-hybridized carbons (Fsp3) is 0.520. The Morgan fingerprint density at radius 1 is 0.786 bits per heavy atom. The van der Waals surface area contributed by atoms with E-state index in [-0.39, 0.29) is 32.7 Å². The van der Waals surface area contributed by atoms with Gasteiger partial charge < -0.3 is 9.22 Å². The first-order chi connectivity index (χ1) is 13.2. The standard InChI is InChI=1S/C25H36NO.Y/c1-22-13-11-14-23(2)25(22)27-20-12-19-26(17-9-4-3-5-10-18-26)21-24-15-7-6-8-16-24;/h6-8,11,13-16H,3-5,9-10,12,17-21H2,1-2H3;/q+1;. The van der Waals surface area contributed by atoms with Gasteiger partial charge in [0.2, 0.25) is 0 Å². The molecular weight excluding hydrogens is 419 g/mol. The van der Waals surface area contributed by atoms with E-state index in [1.807, 2.05) is 0 Å². The second-order valence-corrected chi connectivity index (χ2v) is 8.35. The minimum absolute atomic E-state index is 0. The van der Waals surface area contributed by atoms with Crippen LogP contribution in [0.25, 0.3) is 0 Å². The van der Waals surface area contributed by atoms with Crippen LogP contribution in [-0.4, -0.2) is 30.7 Å². The van der Waals surface area contributed by atoms with Crippen LogP contribution in [0.2, 0.25) is 0 Å². The van der Waals surface area contributed by atoms with Crippen molar-refractivity contribution in [2.24, 2.45) is 0 Å². The zero-order chi connectivity index (χ0) is 19.0. The second-order valence-electron chi connectivity index (χ2n) is 8.35. The van der Waals surface area contributed by atoms with Gasteiger partial charge in [-0.15, -0.1) is 0 Å². The summed E-state index contributed by atoms with van der Waals surface area (Å²) in [6.45, 7) is 10.1. The Morgan fingerprint density at radius 2 is 1.39 bits per heavy atom. The molecule has 0 amide bonds. The molecule has 2 aromatic rings. The number of nitrogens with zero attached hydrogens (tertiary/aromatic N) is 1. The van der Waals surface area contributed by atoms with E-state index in [0.717, 1.165) is 18.8 Å². The Kier molecular flexibility index (Phi) is 10.2. The van der Waals surface area contributed by atoms with Crippen molar-refractivity contribution in [3.05, 3.63) is 65.2 Å². The average molecular weight is 455 g/mol. The van der Waals surface area contributed by atoms with Crippen LogP contribution >= 0.6 is 0 Å². The van der Waals surface area contributed by atoms with E-state index < -0.39 is 0 Å². The molecule has 0 spiro atoms. The monoisotopic (exact) mass is 455 g/mol. The molecule has 3 rings (SSSR count). The molecule has 0 aliphatic carbocycles. The van der Waals surface area contributed by atoms with E-state index in [0.29, 0.717) is 0 Å². The summed E-state index contributed by atoms with van der Waals surface area (Å²) in [5, 5.41) is 0. The van der Waals surface area contributed by atoms with Gasteiger partial charge >= 0.3 is 0 Å². The van der Waals surface area contributed by atoms with Crippen molar-refractivity contribution < 1.29 is 41.9 Å². The topological polar surface area (TPSA) is 9.23 Å². The predicted molar refractivity (Wildman–Crippen MR) is 114 cm³/mol. The van der Waals surface area contributed by atoms with Crippen molar-refractivity contribution in [2.75, 3.05) is 26.2 Å². The molecule has 2 nitrogen and oxygen atoms in total. The molecule has 1 heterocycles. The smallest absolute Gasteiger partial charge is 0.125 e. The van der Waals surface area contributed by atoms with Crippen LogP contribution < -0.4 is 4.74 Å². The summed E-state index contributed by atoms with van der Waals surface area (Å²) in [4.78, 5) is 0. The average Bonchev–Trinajstić information content (AvgIpc) is 2.65. The van der Waals surface area contributed by atoms with Crippen LogP contribution in [0, 0.1) is 13.8 Å². The first-order valence-corrected chi connectivity index (χ1v) is 10.8. The summed E-state index contributed by atoms with van der Waals surface area (Å²) in [5.74, 6) is 1.08.